The molecule has 0 radical (unpaired) electrons. The number of hydrogen-bond donors (Lipinski definition) is 1. The molecule has 4 nitrogen and oxygen atoms in total. The summed E-state index contributed by atoms with van der Waals surface area (Å²) >= 11 is 0. The van der Waals surface area contributed by atoms with Crippen molar-refractivity contribution in [3.05, 3.63) is 23.3 Å². The number of rotatable bonds is 6. The number of nitrogens with one attached hydrogen (secondary N) is 1. The van der Waals surface area contributed by atoms with Crippen LogP contribution in [0, 0.1) is 12.8 Å². The first kappa shape index (κ1) is 14.4. The standard InChI is InChI=1S/C15H25N3O/c1-11-4-5-13(8-11)15-17-12(2)9-14(18-15)10-16-6-7-19-3/h9,11,13,16H,4-8,10H2,1-3H3. The second-order valence-corrected chi connectivity index (χ2v) is 5.64. The van der Waals surface area contributed by atoms with Crippen LogP contribution in [0.1, 0.15) is 49.3 Å². The Morgan fingerprint density at radius 1 is 1.37 bits per heavy atom. The fraction of sp³-hybridized carbons (Fsp3) is 0.733. The summed E-state index contributed by atoms with van der Waals surface area (Å²) in [6, 6.07) is 2.07. The fourth-order valence-electron chi connectivity index (χ4n) is 2.76. The Kier molecular flexibility index (Phi) is 5.28. The lowest BCUT2D eigenvalue weighted by atomic mass is 10.1. The van der Waals surface area contributed by atoms with E-state index in [0.29, 0.717) is 5.92 Å². The lowest BCUT2D eigenvalue weighted by Crippen LogP contribution is -2.20. The predicted molar refractivity (Wildman–Crippen MR) is 76.1 cm³/mol. The Bertz CT molecular complexity index is 408. The highest BCUT2D eigenvalue weighted by Crippen LogP contribution is 2.36. The first-order valence-corrected chi connectivity index (χ1v) is 7.23. The van der Waals surface area contributed by atoms with Gasteiger partial charge in [0.05, 0.1) is 12.3 Å². The van der Waals surface area contributed by atoms with Crippen LogP contribution < -0.4 is 5.32 Å². The minimum absolute atomic E-state index is 0.563. The SMILES string of the molecule is COCCNCc1cc(C)nc(C2CCC(C)C2)n1. The van der Waals surface area contributed by atoms with Crippen LogP contribution in [0.4, 0.5) is 0 Å². The van der Waals surface area contributed by atoms with E-state index in [0.717, 1.165) is 42.8 Å². The molecule has 106 valence electrons. The second kappa shape index (κ2) is 6.96. The number of methoxy groups -OCH3 is 1. The molecule has 1 aliphatic carbocycles. The van der Waals surface area contributed by atoms with Crippen molar-refractivity contribution in [3.63, 3.8) is 0 Å². The average Bonchev–Trinajstić information content (AvgIpc) is 2.81. The Labute approximate surface area is 116 Å². The van der Waals surface area contributed by atoms with Crippen LogP contribution in [0.5, 0.6) is 0 Å². The van der Waals surface area contributed by atoms with Crippen LogP contribution in [0.15, 0.2) is 6.07 Å². The molecule has 1 heterocycles. The molecular formula is C15H25N3O. The van der Waals surface area contributed by atoms with Crippen LogP contribution in [-0.4, -0.2) is 30.2 Å². The Balaban J connectivity index is 1.98. The molecule has 4 heteroatoms. The number of ether oxygens (including phenoxy) is 1. The van der Waals surface area contributed by atoms with Crippen molar-refractivity contribution in [2.45, 2.75) is 45.6 Å². The van der Waals surface area contributed by atoms with E-state index in [1.165, 1.54) is 19.3 Å². The highest BCUT2D eigenvalue weighted by atomic mass is 16.5. The first-order chi connectivity index (χ1) is 9.19. The molecule has 0 aromatic carbocycles. The molecule has 0 aliphatic heterocycles. The third-order valence-electron chi connectivity index (χ3n) is 3.77. The molecule has 1 aromatic rings. The highest BCUT2D eigenvalue weighted by molar-refractivity contribution is 5.13. The van der Waals surface area contributed by atoms with Crippen molar-refractivity contribution < 1.29 is 4.74 Å². The first-order valence-electron chi connectivity index (χ1n) is 7.23. The quantitative estimate of drug-likeness (QED) is 0.801. The molecule has 2 rings (SSSR count). The predicted octanol–water partition coefficient (Wildman–Crippen LogP) is 2.42. The molecule has 0 spiro atoms. The van der Waals surface area contributed by atoms with Gasteiger partial charge >= 0.3 is 0 Å². The summed E-state index contributed by atoms with van der Waals surface area (Å²) in [4.78, 5) is 9.36. The topological polar surface area (TPSA) is 47.0 Å². The molecule has 2 unspecified atom stereocenters. The van der Waals surface area contributed by atoms with Crippen LogP contribution in [0.25, 0.3) is 0 Å². The van der Waals surface area contributed by atoms with Gasteiger partial charge in [-0.05, 0) is 38.2 Å². The number of nitrogens with zero attached hydrogens (tertiary/aromatic N) is 2. The number of aryl methyl sites for hydroxylation is 1. The van der Waals surface area contributed by atoms with Gasteiger partial charge in [0.1, 0.15) is 5.82 Å². The molecular weight excluding hydrogens is 238 g/mol. The van der Waals surface area contributed by atoms with E-state index < -0.39 is 0 Å². The van der Waals surface area contributed by atoms with Gasteiger partial charge in [-0.2, -0.15) is 0 Å². The summed E-state index contributed by atoms with van der Waals surface area (Å²) < 4.78 is 5.03. The monoisotopic (exact) mass is 263 g/mol. The fourth-order valence-corrected chi connectivity index (χ4v) is 2.76. The van der Waals surface area contributed by atoms with Crippen LogP contribution in [0.2, 0.25) is 0 Å². The largest absolute Gasteiger partial charge is 0.383 e. The summed E-state index contributed by atoms with van der Waals surface area (Å²) in [6.07, 6.45) is 3.78. The molecule has 1 aromatic heterocycles. The molecule has 0 bridgehead atoms. The van der Waals surface area contributed by atoms with Crippen molar-refractivity contribution in [1.82, 2.24) is 15.3 Å². The van der Waals surface area contributed by atoms with E-state index in [4.69, 9.17) is 9.72 Å². The normalized spacial score (nSPS) is 22.9. The van der Waals surface area contributed by atoms with E-state index in [2.05, 4.69) is 30.2 Å². The zero-order valence-electron chi connectivity index (χ0n) is 12.3. The highest BCUT2D eigenvalue weighted by Gasteiger charge is 2.25. The summed E-state index contributed by atoms with van der Waals surface area (Å²) in [5, 5.41) is 3.34. The molecule has 19 heavy (non-hydrogen) atoms. The maximum Gasteiger partial charge on any atom is 0.131 e. The molecule has 1 saturated carbocycles. The zero-order valence-corrected chi connectivity index (χ0v) is 12.3. The van der Waals surface area contributed by atoms with Crippen molar-refractivity contribution in [3.8, 4) is 0 Å². The Morgan fingerprint density at radius 2 is 2.21 bits per heavy atom. The van der Waals surface area contributed by atoms with E-state index >= 15 is 0 Å². The average molecular weight is 263 g/mol. The van der Waals surface area contributed by atoms with Crippen molar-refractivity contribution in [2.24, 2.45) is 5.92 Å². The summed E-state index contributed by atoms with van der Waals surface area (Å²) in [7, 11) is 1.72. The third kappa shape index (κ3) is 4.25. The Hall–Kier alpha value is -1.00. The second-order valence-electron chi connectivity index (χ2n) is 5.64. The van der Waals surface area contributed by atoms with E-state index in [-0.39, 0.29) is 0 Å². The number of aromatic nitrogens is 2. The van der Waals surface area contributed by atoms with Gasteiger partial charge in [-0.25, -0.2) is 9.97 Å². The molecule has 0 saturated heterocycles. The van der Waals surface area contributed by atoms with E-state index in [1.807, 2.05) is 0 Å². The molecule has 1 aliphatic rings. The van der Waals surface area contributed by atoms with E-state index in [1.54, 1.807) is 7.11 Å². The van der Waals surface area contributed by atoms with Gasteiger partial charge in [0.15, 0.2) is 0 Å². The van der Waals surface area contributed by atoms with Crippen molar-refractivity contribution in [1.29, 1.82) is 0 Å². The van der Waals surface area contributed by atoms with Gasteiger partial charge in [0.2, 0.25) is 0 Å². The van der Waals surface area contributed by atoms with Gasteiger partial charge in [-0.15, -0.1) is 0 Å². The number of hydrogen-bond acceptors (Lipinski definition) is 4. The Morgan fingerprint density at radius 3 is 2.89 bits per heavy atom. The van der Waals surface area contributed by atoms with Gasteiger partial charge in [0, 0.05) is 31.8 Å². The van der Waals surface area contributed by atoms with Crippen molar-refractivity contribution in [2.75, 3.05) is 20.3 Å². The third-order valence-corrected chi connectivity index (χ3v) is 3.77. The van der Waals surface area contributed by atoms with Gasteiger partial charge < -0.3 is 10.1 Å². The maximum atomic E-state index is 5.03. The molecule has 0 amide bonds. The zero-order chi connectivity index (χ0) is 13.7. The molecule has 2 atom stereocenters. The van der Waals surface area contributed by atoms with Crippen LogP contribution in [-0.2, 0) is 11.3 Å². The lowest BCUT2D eigenvalue weighted by molar-refractivity contribution is 0.199. The minimum atomic E-state index is 0.563. The van der Waals surface area contributed by atoms with Crippen molar-refractivity contribution >= 4 is 0 Å². The van der Waals surface area contributed by atoms with Gasteiger partial charge in [-0.1, -0.05) is 6.92 Å². The lowest BCUT2D eigenvalue weighted by Gasteiger charge is -2.11. The summed E-state index contributed by atoms with van der Waals surface area (Å²) in [5.74, 6) is 2.43. The maximum absolute atomic E-state index is 5.03. The molecule has 1 fully saturated rings. The van der Waals surface area contributed by atoms with Crippen LogP contribution in [0.3, 0.4) is 0 Å². The van der Waals surface area contributed by atoms with Gasteiger partial charge in [0.25, 0.3) is 0 Å². The van der Waals surface area contributed by atoms with Crippen LogP contribution >= 0.6 is 0 Å². The summed E-state index contributed by atoms with van der Waals surface area (Å²) in [6.45, 7) is 6.76. The minimum Gasteiger partial charge on any atom is -0.383 e. The molecule has 1 N–H and O–H groups in total. The van der Waals surface area contributed by atoms with E-state index in [9.17, 15) is 0 Å². The smallest absolute Gasteiger partial charge is 0.131 e. The summed E-state index contributed by atoms with van der Waals surface area (Å²) in [5.41, 5.74) is 2.17. The van der Waals surface area contributed by atoms with Gasteiger partial charge in [-0.3, -0.25) is 0 Å².